The second kappa shape index (κ2) is 9.21. The van der Waals surface area contributed by atoms with E-state index >= 15 is 0 Å². The molecule has 4 aliphatic carbocycles. The zero-order valence-corrected chi connectivity index (χ0v) is 23.0. The molecule has 0 aromatic heterocycles. The summed E-state index contributed by atoms with van der Waals surface area (Å²) in [7, 11) is 2.10. The van der Waals surface area contributed by atoms with Gasteiger partial charge in [-0.05, 0) is 94.1 Å². The minimum atomic E-state index is -0.463. The van der Waals surface area contributed by atoms with Crippen LogP contribution in [0.3, 0.4) is 0 Å². The van der Waals surface area contributed by atoms with Crippen LogP contribution in [0, 0.1) is 34.0 Å². The highest BCUT2D eigenvalue weighted by Crippen LogP contribution is 2.70. The Morgan fingerprint density at radius 3 is 2.46 bits per heavy atom. The lowest BCUT2D eigenvalue weighted by atomic mass is 9.42. The molecule has 0 aliphatic heterocycles. The number of carbonyl (C=O) groups excluding carboxylic acids is 2. The highest BCUT2D eigenvalue weighted by molar-refractivity contribution is 5.93. The van der Waals surface area contributed by atoms with Crippen molar-refractivity contribution < 1.29 is 14.3 Å². The van der Waals surface area contributed by atoms with Crippen molar-refractivity contribution in [3.05, 3.63) is 35.5 Å². The molecule has 0 bridgehead atoms. The van der Waals surface area contributed by atoms with E-state index in [1.165, 1.54) is 38.2 Å². The Morgan fingerprint density at radius 2 is 1.83 bits per heavy atom. The van der Waals surface area contributed by atoms with E-state index in [2.05, 4.69) is 63.6 Å². The minimum Gasteiger partial charge on any atom is -0.455 e. The molecule has 0 spiro atoms. The normalized spacial score (nSPS) is 43.4. The van der Waals surface area contributed by atoms with Gasteiger partial charge < -0.3 is 15.4 Å². The van der Waals surface area contributed by atoms with Crippen molar-refractivity contribution in [3.8, 4) is 0 Å². The molecule has 4 rings (SSSR count). The Bertz CT molecular complexity index is 967. The average Bonchev–Trinajstić information content (AvgIpc) is 3.17. The van der Waals surface area contributed by atoms with Gasteiger partial charge in [0.15, 0.2) is 0 Å². The first-order valence-electron chi connectivity index (χ1n) is 13.6. The van der Waals surface area contributed by atoms with Crippen LogP contribution < -0.4 is 10.6 Å². The first kappa shape index (κ1) is 26.2. The van der Waals surface area contributed by atoms with Crippen LogP contribution in [0.5, 0.6) is 0 Å². The number of allylic oxidation sites excluding steroid dienone is 3. The molecule has 2 fully saturated rings. The Balaban J connectivity index is 1.70. The van der Waals surface area contributed by atoms with E-state index < -0.39 is 6.10 Å². The van der Waals surface area contributed by atoms with Gasteiger partial charge in [0.2, 0.25) is 5.91 Å². The monoisotopic (exact) mass is 482 g/mol. The van der Waals surface area contributed by atoms with E-state index in [1.54, 1.807) is 13.0 Å². The Morgan fingerprint density at radius 1 is 1.11 bits per heavy atom. The molecule has 5 nitrogen and oxygen atoms in total. The van der Waals surface area contributed by atoms with Gasteiger partial charge >= 0.3 is 5.97 Å². The van der Waals surface area contributed by atoms with E-state index in [4.69, 9.17) is 4.74 Å². The number of hydrogen-bond acceptors (Lipinski definition) is 4. The average molecular weight is 483 g/mol. The highest BCUT2D eigenvalue weighted by Gasteiger charge is 2.64. The lowest BCUT2D eigenvalue weighted by molar-refractivity contribution is -0.148. The van der Waals surface area contributed by atoms with E-state index in [1.807, 2.05) is 6.92 Å². The van der Waals surface area contributed by atoms with Crippen LogP contribution in [0.4, 0.5) is 0 Å². The summed E-state index contributed by atoms with van der Waals surface area (Å²) < 4.78 is 5.93. The number of esters is 1. The predicted molar refractivity (Wildman–Crippen MR) is 141 cm³/mol. The van der Waals surface area contributed by atoms with Crippen molar-refractivity contribution in [2.24, 2.45) is 34.0 Å². The Labute approximate surface area is 212 Å². The molecule has 1 amide bonds. The summed E-state index contributed by atoms with van der Waals surface area (Å²) >= 11 is 0. The zero-order chi connectivity index (χ0) is 25.8. The first-order valence-corrected chi connectivity index (χ1v) is 13.6. The number of rotatable bonds is 5. The Hall–Kier alpha value is -1.88. The van der Waals surface area contributed by atoms with Gasteiger partial charge in [-0.1, -0.05) is 45.1 Å². The highest BCUT2D eigenvalue weighted by atomic mass is 16.5. The van der Waals surface area contributed by atoms with Crippen molar-refractivity contribution in [3.63, 3.8) is 0 Å². The molecule has 0 saturated heterocycles. The van der Waals surface area contributed by atoms with Gasteiger partial charge in [0.05, 0.1) is 6.04 Å². The molecular weight excluding hydrogens is 436 g/mol. The topological polar surface area (TPSA) is 67.4 Å². The van der Waals surface area contributed by atoms with Crippen LogP contribution in [0.1, 0.15) is 80.6 Å². The molecule has 5 heteroatoms. The molecule has 4 aliphatic rings. The molecule has 9 unspecified atom stereocenters. The Kier molecular flexibility index (Phi) is 6.89. The van der Waals surface area contributed by atoms with E-state index in [0.717, 1.165) is 6.42 Å². The van der Waals surface area contributed by atoms with E-state index in [9.17, 15) is 9.59 Å². The van der Waals surface area contributed by atoms with Gasteiger partial charge in [-0.25, -0.2) is 0 Å². The third kappa shape index (κ3) is 4.02. The van der Waals surface area contributed by atoms with Crippen molar-refractivity contribution in [2.45, 2.75) is 98.8 Å². The molecule has 35 heavy (non-hydrogen) atoms. The molecule has 2 N–H and O–H groups in total. The summed E-state index contributed by atoms with van der Waals surface area (Å²) in [6.45, 7) is 14.9. The molecule has 2 saturated carbocycles. The molecular formula is C30H46N2O3. The van der Waals surface area contributed by atoms with Gasteiger partial charge in [-0.3, -0.25) is 9.59 Å². The summed E-state index contributed by atoms with van der Waals surface area (Å²) in [5, 5.41) is 6.65. The lowest BCUT2D eigenvalue weighted by Crippen LogP contribution is -2.59. The maximum atomic E-state index is 12.7. The third-order valence-corrected chi connectivity index (χ3v) is 10.8. The first-order chi connectivity index (χ1) is 16.4. The van der Waals surface area contributed by atoms with E-state index in [-0.39, 0.29) is 28.7 Å². The van der Waals surface area contributed by atoms with Crippen LogP contribution in [0.15, 0.2) is 35.5 Å². The van der Waals surface area contributed by atoms with Crippen molar-refractivity contribution in [1.29, 1.82) is 0 Å². The van der Waals surface area contributed by atoms with Gasteiger partial charge in [-0.2, -0.15) is 0 Å². The summed E-state index contributed by atoms with van der Waals surface area (Å²) in [6, 6.07) is 0.175. The number of amides is 1. The van der Waals surface area contributed by atoms with Crippen LogP contribution >= 0.6 is 0 Å². The van der Waals surface area contributed by atoms with Gasteiger partial charge in [-0.15, -0.1) is 0 Å². The number of fused-ring (bicyclic) bond motifs is 5. The van der Waals surface area contributed by atoms with Crippen molar-refractivity contribution in [1.82, 2.24) is 10.6 Å². The van der Waals surface area contributed by atoms with Crippen LogP contribution in [-0.2, 0) is 14.3 Å². The fraction of sp³-hybridized carbons (Fsp3) is 0.733. The van der Waals surface area contributed by atoms with Gasteiger partial charge in [0.1, 0.15) is 6.10 Å². The molecule has 0 radical (unpaired) electrons. The molecule has 9 atom stereocenters. The fourth-order valence-corrected chi connectivity index (χ4v) is 8.85. The number of carbonyl (C=O) groups is 2. The molecule has 0 aromatic carbocycles. The summed E-state index contributed by atoms with van der Waals surface area (Å²) in [5.74, 6) is 1.45. The summed E-state index contributed by atoms with van der Waals surface area (Å²) in [6.07, 6.45) is 14.1. The number of ether oxygens (including phenoxy) is 1. The number of nitrogens with one attached hydrogen (secondary N) is 2. The molecule has 194 valence electrons. The maximum Gasteiger partial charge on any atom is 0.303 e. The van der Waals surface area contributed by atoms with Crippen LogP contribution in [0.25, 0.3) is 0 Å². The van der Waals surface area contributed by atoms with Crippen molar-refractivity contribution >= 4 is 11.9 Å². The van der Waals surface area contributed by atoms with Gasteiger partial charge in [0.25, 0.3) is 0 Å². The molecule has 0 aromatic rings. The largest absolute Gasteiger partial charge is 0.455 e. The summed E-state index contributed by atoms with van der Waals surface area (Å²) in [5.41, 5.74) is 2.21. The fourth-order valence-electron chi connectivity index (χ4n) is 8.85. The van der Waals surface area contributed by atoms with Crippen LogP contribution in [0.2, 0.25) is 0 Å². The smallest absolute Gasteiger partial charge is 0.303 e. The number of hydrogen-bond donors (Lipinski definition) is 2. The predicted octanol–water partition coefficient (Wildman–Crippen LogP) is 5.33. The zero-order valence-electron chi connectivity index (χ0n) is 23.0. The molecule has 0 heterocycles. The van der Waals surface area contributed by atoms with Gasteiger partial charge in [0, 0.05) is 24.0 Å². The SMILES string of the molecule is CC=C(C)C(=O)NC1C=CC2(C)C(=CCC3(C)C2CCC2(C)C(C(C)NC)CCC23)C1OC(C)=O. The van der Waals surface area contributed by atoms with Crippen LogP contribution in [-0.4, -0.2) is 37.1 Å². The minimum absolute atomic E-state index is 0.117. The summed E-state index contributed by atoms with van der Waals surface area (Å²) in [4.78, 5) is 24.9. The van der Waals surface area contributed by atoms with E-state index in [0.29, 0.717) is 34.8 Å². The standard InChI is InChI=1S/C30H46N2O3/c1-9-18(2)27(34)32-23-13-16-29(6)22(26(23)35-20(4)33)12-15-30(7)24-11-10-21(19(3)31-8)28(24,5)17-14-25(29)30/h9,12-13,16,19,21,23-26,31H,10-11,14-15,17H2,1-8H3,(H,32,34). The lowest BCUT2D eigenvalue weighted by Gasteiger charge is -2.63. The van der Waals surface area contributed by atoms with Crippen molar-refractivity contribution in [2.75, 3.05) is 7.05 Å². The second-order valence-electron chi connectivity index (χ2n) is 12.4. The maximum absolute atomic E-state index is 12.7. The second-order valence-corrected chi connectivity index (χ2v) is 12.4. The quantitative estimate of drug-likeness (QED) is 0.316. The third-order valence-electron chi connectivity index (χ3n) is 10.8.